The second kappa shape index (κ2) is 8.61. The first-order chi connectivity index (χ1) is 11.1. The Morgan fingerprint density at radius 3 is 2.87 bits per heavy atom. The fourth-order valence-corrected chi connectivity index (χ4v) is 2.18. The Balaban J connectivity index is 2.21. The van der Waals surface area contributed by atoms with Gasteiger partial charge in [-0.2, -0.15) is 0 Å². The molecule has 0 saturated carbocycles. The van der Waals surface area contributed by atoms with Crippen molar-refractivity contribution < 1.29 is 19.1 Å². The normalized spacial score (nSPS) is 16.0. The summed E-state index contributed by atoms with van der Waals surface area (Å²) in [5.41, 5.74) is 2.96. The lowest BCUT2D eigenvalue weighted by molar-refractivity contribution is -0.138. The Morgan fingerprint density at radius 2 is 2.22 bits per heavy atom. The topological polar surface area (TPSA) is 80.8 Å². The van der Waals surface area contributed by atoms with Crippen LogP contribution in [0.25, 0.3) is 0 Å². The van der Waals surface area contributed by atoms with E-state index in [1.165, 1.54) is 18.5 Å². The number of ketones is 1. The summed E-state index contributed by atoms with van der Waals surface area (Å²) >= 11 is 5.94. The summed E-state index contributed by atoms with van der Waals surface area (Å²) in [6.45, 7) is 4.30. The maximum absolute atomic E-state index is 12.6. The predicted molar refractivity (Wildman–Crippen MR) is 83.8 cm³/mol. The molecule has 0 unspecified atom stereocenters. The zero-order chi connectivity index (χ0) is 16.7. The van der Waals surface area contributed by atoms with Gasteiger partial charge in [-0.05, 0) is 19.1 Å². The van der Waals surface area contributed by atoms with Gasteiger partial charge in [0, 0.05) is 25.5 Å². The van der Waals surface area contributed by atoms with E-state index in [1.807, 2.05) is 5.01 Å². The molecule has 23 heavy (non-hydrogen) atoms. The van der Waals surface area contributed by atoms with Crippen molar-refractivity contribution in [3.8, 4) is 0 Å². The molecule has 0 bridgehead atoms. The lowest BCUT2D eigenvalue weighted by Crippen LogP contribution is -2.43. The monoisotopic (exact) mass is 339 g/mol. The maximum Gasteiger partial charge on any atom is 0.343 e. The summed E-state index contributed by atoms with van der Waals surface area (Å²) in [6, 6.07) is 3.09. The Bertz CT molecular complexity index is 600. The summed E-state index contributed by atoms with van der Waals surface area (Å²) < 4.78 is 10.2. The first kappa shape index (κ1) is 17.4. The number of Topliss-reactive ketones (excluding diaryl/α,β-unsaturated/α-hetero) is 1. The number of rotatable bonds is 6. The van der Waals surface area contributed by atoms with E-state index >= 15 is 0 Å². The number of nitrogens with zero attached hydrogens (tertiary/aromatic N) is 2. The molecule has 1 aliphatic rings. The molecule has 0 aliphatic carbocycles. The number of hydrogen-bond acceptors (Lipinski definition) is 7. The van der Waals surface area contributed by atoms with E-state index in [9.17, 15) is 9.59 Å². The van der Waals surface area contributed by atoms with Crippen LogP contribution in [-0.4, -0.2) is 54.7 Å². The van der Waals surface area contributed by atoms with Crippen LogP contribution in [0.2, 0.25) is 5.15 Å². The molecule has 124 valence electrons. The number of aromatic nitrogens is 1. The van der Waals surface area contributed by atoms with Gasteiger partial charge >= 0.3 is 5.97 Å². The van der Waals surface area contributed by atoms with Crippen molar-refractivity contribution in [1.29, 1.82) is 0 Å². The van der Waals surface area contributed by atoms with Gasteiger partial charge in [0.25, 0.3) is 0 Å². The Hall–Kier alpha value is -1.96. The fraction of sp³-hybridized carbons (Fsp3) is 0.400. The van der Waals surface area contributed by atoms with Crippen LogP contribution < -0.4 is 5.43 Å². The van der Waals surface area contributed by atoms with Gasteiger partial charge in [0.1, 0.15) is 10.7 Å². The van der Waals surface area contributed by atoms with Crippen molar-refractivity contribution in [2.75, 3.05) is 32.9 Å². The predicted octanol–water partition coefficient (Wildman–Crippen LogP) is 1.20. The maximum atomic E-state index is 12.6. The molecule has 8 heteroatoms. The fourth-order valence-electron chi connectivity index (χ4n) is 1.97. The number of nitrogens with one attached hydrogen (secondary N) is 1. The quantitative estimate of drug-likeness (QED) is 0.208. The molecule has 7 nitrogen and oxygen atoms in total. The molecule has 1 N–H and O–H groups in total. The van der Waals surface area contributed by atoms with Crippen molar-refractivity contribution in [2.45, 2.75) is 6.92 Å². The minimum Gasteiger partial charge on any atom is -0.462 e. The van der Waals surface area contributed by atoms with Crippen LogP contribution in [0, 0.1) is 0 Å². The first-order valence-electron chi connectivity index (χ1n) is 7.25. The van der Waals surface area contributed by atoms with Gasteiger partial charge in [-0.25, -0.2) is 14.8 Å². The van der Waals surface area contributed by atoms with Crippen molar-refractivity contribution >= 4 is 23.4 Å². The van der Waals surface area contributed by atoms with Crippen LogP contribution >= 0.6 is 11.6 Å². The van der Waals surface area contributed by atoms with E-state index in [0.29, 0.717) is 26.3 Å². The molecular formula is C15H18ClN3O4. The van der Waals surface area contributed by atoms with E-state index in [-0.39, 0.29) is 22.9 Å². The number of ether oxygens (including phenoxy) is 2. The van der Waals surface area contributed by atoms with E-state index in [1.54, 1.807) is 13.0 Å². The smallest absolute Gasteiger partial charge is 0.343 e. The SMILES string of the molecule is CCOC(=O)C(=CNN1CCOCC1)C(=O)c1cccnc1Cl. The molecule has 2 heterocycles. The van der Waals surface area contributed by atoms with Gasteiger partial charge in [0.15, 0.2) is 0 Å². The average molecular weight is 340 g/mol. The third-order valence-electron chi connectivity index (χ3n) is 3.15. The third kappa shape index (κ3) is 4.75. The highest BCUT2D eigenvalue weighted by molar-refractivity contribution is 6.35. The number of esters is 1. The van der Waals surface area contributed by atoms with Crippen LogP contribution in [0.1, 0.15) is 17.3 Å². The number of hydrogen-bond donors (Lipinski definition) is 1. The molecule has 0 radical (unpaired) electrons. The number of pyridine rings is 1. The molecule has 1 aromatic rings. The second-order valence-corrected chi connectivity index (χ2v) is 5.04. The highest BCUT2D eigenvalue weighted by Gasteiger charge is 2.24. The largest absolute Gasteiger partial charge is 0.462 e. The van der Waals surface area contributed by atoms with Crippen molar-refractivity contribution in [3.05, 3.63) is 40.8 Å². The van der Waals surface area contributed by atoms with E-state index in [2.05, 4.69) is 10.4 Å². The zero-order valence-electron chi connectivity index (χ0n) is 12.8. The van der Waals surface area contributed by atoms with Gasteiger partial charge in [-0.15, -0.1) is 0 Å². The summed E-state index contributed by atoms with van der Waals surface area (Å²) in [5, 5.41) is 1.89. The third-order valence-corrected chi connectivity index (χ3v) is 3.45. The summed E-state index contributed by atoms with van der Waals surface area (Å²) in [4.78, 5) is 28.5. The second-order valence-electron chi connectivity index (χ2n) is 4.68. The zero-order valence-corrected chi connectivity index (χ0v) is 13.5. The molecule has 0 aromatic carbocycles. The molecule has 1 saturated heterocycles. The van der Waals surface area contributed by atoms with Crippen LogP contribution in [0.5, 0.6) is 0 Å². The molecule has 2 rings (SSSR count). The number of hydrazine groups is 1. The highest BCUT2D eigenvalue weighted by Crippen LogP contribution is 2.17. The summed E-state index contributed by atoms with van der Waals surface area (Å²) in [5.74, 6) is -1.25. The van der Waals surface area contributed by atoms with Gasteiger partial charge < -0.3 is 14.9 Å². The molecule has 1 fully saturated rings. The number of carbonyl (C=O) groups is 2. The molecule has 0 atom stereocenters. The lowest BCUT2D eigenvalue weighted by atomic mass is 10.1. The van der Waals surface area contributed by atoms with Gasteiger partial charge in [0.05, 0.1) is 25.4 Å². The average Bonchev–Trinajstić information content (AvgIpc) is 2.56. The number of carbonyl (C=O) groups excluding carboxylic acids is 2. The van der Waals surface area contributed by atoms with Crippen molar-refractivity contribution in [1.82, 2.24) is 15.4 Å². The summed E-state index contributed by atoms with van der Waals surface area (Å²) in [6.07, 6.45) is 2.81. The minimum absolute atomic E-state index is 0.0408. The molecule has 0 spiro atoms. The lowest BCUT2D eigenvalue weighted by Gasteiger charge is -2.26. The molecule has 1 aliphatic heterocycles. The summed E-state index contributed by atoms with van der Waals surface area (Å²) in [7, 11) is 0. The van der Waals surface area contributed by atoms with Crippen LogP contribution in [0.15, 0.2) is 30.1 Å². The van der Waals surface area contributed by atoms with Gasteiger partial charge in [-0.1, -0.05) is 11.6 Å². The highest BCUT2D eigenvalue weighted by atomic mass is 35.5. The number of halogens is 1. The standard InChI is InChI=1S/C15H18ClN3O4/c1-2-23-15(21)12(10-18-19-6-8-22-9-7-19)13(20)11-4-3-5-17-14(11)16/h3-5,10,18H,2,6-9H2,1H3. The first-order valence-corrected chi connectivity index (χ1v) is 7.62. The van der Waals surface area contributed by atoms with Crippen molar-refractivity contribution in [2.24, 2.45) is 0 Å². The van der Waals surface area contributed by atoms with E-state index in [0.717, 1.165) is 0 Å². The Kier molecular flexibility index (Phi) is 6.52. The van der Waals surface area contributed by atoms with Gasteiger partial charge in [-0.3, -0.25) is 4.79 Å². The molecule has 1 aromatic heterocycles. The van der Waals surface area contributed by atoms with Crippen LogP contribution in [0.3, 0.4) is 0 Å². The van der Waals surface area contributed by atoms with Crippen LogP contribution in [-0.2, 0) is 14.3 Å². The Labute approximate surface area is 139 Å². The molecule has 0 amide bonds. The van der Waals surface area contributed by atoms with E-state index < -0.39 is 11.8 Å². The van der Waals surface area contributed by atoms with Crippen molar-refractivity contribution in [3.63, 3.8) is 0 Å². The Morgan fingerprint density at radius 1 is 1.48 bits per heavy atom. The number of morpholine rings is 1. The minimum atomic E-state index is -0.710. The molecular weight excluding hydrogens is 322 g/mol. The van der Waals surface area contributed by atoms with Crippen LogP contribution in [0.4, 0.5) is 0 Å². The van der Waals surface area contributed by atoms with Gasteiger partial charge in [0.2, 0.25) is 5.78 Å². The van der Waals surface area contributed by atoms with E-state index in [4.69, 9.17) is 21.1 Å².